The first kappa shape index (κ1) is 14.8. The molecule has 1 aromatic carbocycles. The fraction of sp³-hybridized carbons (Fsp3) is 0.286. The summed E-state index contributed by atoms with van der Waals surface area (Å²) < 4.78 is 0. The van der Waals surface area contributed by atoms with E-state index in [1.807, 2.05) is 13.0 Å². The zero-order valence-corrected chi connectivity index (χ0v) is 10.8. The minimum absolute atomic E-state index is 0.0530. The van der Waals surface area contributed by atoms with Crippen molar-refractivity contribution in [3.63, 3.8) is 0 Å². The van der Waals surface area contributed by atoms with Crippen LogP contribution >= 0.6 is 0 Å². The van der Waals surface area contributed by atoms with Crippen molar-refractivity contribution in [1.29, 1.82) is 0 Å². The monoisotopic (exact) mass is 262 g/mol. The average Bonchev–Trinajstić information content (AvgIpc) is 2.37. The van der Waals surface area contributed by atoms with Gasteiger partial charge in [0.2, 0.25) is 0 Å². The van der Waals surface area contributed by atoms with Crippen LogP contribution in [0.4, 0.5) is 4.79 Å². The summed E-state index contributed by atoms with van der Waals surface area (Å²) >= 11 is 0. The first-order valence-corrected chi connectivity index (χ1v) is 5.98. The molecule has 0 aliphatic rings. The predicted octanol–water partition coefficient (Wildman–Crippen LogP) is 1.69. The Morgan fingerprint density at radius 2 is 2.00 bits per heavy atom. The fourth-order valence-corrected chi connectivity index (χ4v) is 1.56. The number of nitrogens with one attached hydrogen (secondary N) is 2. The molecule has 0 saturated carbocycles. The molecule has 1 unspecified atom stereocenters. The van der Waals surface area contributed by atoms with Crippen molar-refractivity contribution in [2.45, 2.75) is 25.9 Å². The second-order valence-electron chi connectivity index (χ2n) is 4.19. The van der Waals surface area contributed by atoms with Crippen LogP contribution in [0.1, 0.15) is 18.1 Å². The zero-order valence-electron chi connectivity index (χ0n) is 10.8. The maximum atomic E-state index is 11.5. The molecule has 5 heteroatoms. The predicted molar refractivity (Wildman–Crippen MR) is 72.8 cm³/mol. The normalized spacial score (nSPS) is 11.4. The molecule has 0 aromatic heterocycles. The molecule has 5 nitrogen and oxygen atoms in total. The van der Waals surface area contributed by atoms with Crippen molar-refractivity contribution in [2.75, 3.05) is 0 Å². The van der Waals surface area contributed by atoms with Gasteiger partial charge in [-0.05, 0) is 18.1 Å². The molecule has 102 valence electrons. The highest BCUT2D eigenvalue weighted by Gasteiger charge is 2.08. The molecule has 19 heavy (non-hydrogen) atoms. The average molecular weight is 262 g/mol. The number of benzene rings is 1. The number of carbonyl (C=O) groups is 2. The topological polar surface area (TPSA) is 78.4 Å². The molecular weight excluding hydrogens is 244 g/mol. The molecule has 0 spiro atoms. The van der Waals surface area contributed by atoms with E-state index in [-0.39, 0.29) is 18.5 Å². The Labute approximate surface area is 112 Å². The molecule has 0 saturated heterocycles. The number of rotatable bonds is 6. The molecule has 0 radical (unpaired) electrons. The maximum Gasteiger partial charge on any atom is 0.315 e. The van der Waals surface area contributed by atoms with Gasteiger partial charge in [0.05, 0.1) is 6.42 Å². The summed E-state index contributed by atoms with van der Waals surface area (Å²) in [6.07, 6.45) is 1.57. The standard InChI is InChI=1S/C14H18N2O3/c1-3-10(2)16-14(19)15-9-12-7-5-4-6-11(12)8-13(17)18/h3-7,10H,1,8-9H2,2H3,(H,17,18)(H2,15,16,19). The van der Waals surface area contributed by atoms with Gasteiger partial charge >= 0.3 is 12.0 Å². The van der Waals surface area contributed by atoms with E-state index in [1.165, 1.54) is 0 Å². The number of urea groups is 1. The van der Waals surface area contributed by atoms with Gasteiger partial charge < -0.3 is 15.7 Å². The Balaban J connectivity index is 2.59. The van der Waals surface area contributed by atoms with Crippen LogP contribution < -0.4 is 10.6 Å². The second kappa shape index (κ2) is 7.20. The van der Waals surface area contributed by atoms with Crippen molar-refractivity contribution in [2.24, 2.45) is 0 Å². The molecule has 0 bridgehead atoms. The number of hydrogen-bond acceptors (Lipinski definition) is 2. The molecule has 0 fully saturated rings. The highest BCUT2D eigenvalue weighted by molar-refractivity contribution is 5.74. The lowest BCUT2D eigenvalue weighted by atomic mass is 10.0. The Bertz CT molecular complexity index is 472. The van der Waals surface area contributed by atoms with Gasteiger partial charge in [0.1, 0.15) is 0 Å². The minimum Gasteiger partial charge on any atom is -0.481 e. The van der Waals surface area contributed by atoms with Gasteiger partial charge in [-0.2, -0.15) is 0 Å². The lowest BCUT2D eigenvalue weighted by molar-refractivity contribution is -0.136. The van der Waals surface area contributed by atoms with Gasteiger partial charge in [-0.25, -0.2) is 4.79 Å². The maximum absolute atomic E-state index is 11.5. The van der Waals surface area contributed by atoms with E-state index in [4.69, 9.17) is 5.11 Å². The molecule has 0 aliphatic carbocycles. The largest absolute Gasteiger partial charge is 0.481 e. The van der Waals surface area contributed by atoms with Gasteiger partial charge in [0, 0.05) is 12.6 Å². The summed E-state index contributed by atoms with van der Waals surface area (Å²) in [6.45, 7) is 5.67. The number of hydrogen-bond donors (Lipinski definition) is 3. The van der Waals surface area contributed by atoms with Crippen LogP contribution in [0.2, 0.25) is 0 Å². The third-order valence-corrected chi connectivity index (χ3v) is 2.61. The summed E-state index contributed by atoms with van der Waals surface area (Å²) in [5.41, 5.74) is 1.50. The van der Waals surface area contributed by atoms with Crippen LogP contribution in [0.15, 0.2) is 36.9 Å². The number of carbonyl (C=O) groups excluding carboxylic acids is 1. The van der Waals surface area contributed by atoms with Gasteiger partial charge in [0.15, 0.2) is 0 Å². The van der Waals surface area contributed by atoms with Crippen LogP contribution in [0, 0.1) is 0 Å². The second-order valence-corrected chi connectivity index (χ2v) is 4.19. The third-order valence-electron chi connectivity index (χ3n) is 2.61. The summed E-state index contributed by atoms with van der Waals surface area (Å²) in [5.74, 6) is -0.891. The quantitative estimate of drug-likeness (QED) is 0.683. The highest BCUT2D eigenvalue weighted by atomic mass is 16.4. The number of amides is 2. The third kappa shape index (κ3) is 5.25. The summed E-state index contributed by atoms with van der Waals surface area (Å²) in [6, 6.07) is 6.71. The SMILES string of the molecule is C=CC(C)NC(=O)NCc1ccccc1CC(=O)O. The minimum atomic E-state index is -0.891. The van der Waals surface area contributed by atoms with E-state index in [1.54, 1.807) is 24.3 Å². The molecule has 3 N–H and O–H groups in total. The molecular formula is C14H18N2O3. The van der Waals surface area contributed by atoms with E-state index < -0.39 is 5.97 Å². The Hall–Kier alpha value is -2.30. The number of carboxylic acids is 1. The Morgan fingerprint density at radius 3 is 2.58 bits per heavy atom. The van der Waals surface area contributed by atoms with E-state index in [0.717, 1.165) is 5.56 Å². The first-order valence-electron chi connectivity index (χ1n) is 5.98. The fourth-order valence-electron chi connectivity index (χ4n) is 1.56. The molecule has 0 heterocycles. The van der Waals surface area contributed by atoms with Gasteiger partial charge in [0.25, 0.3) is 0 Å². The van der Waals surface area contributed by atoms with Crippen molar-refractivity contribution < 1.29 is 14.7 Å². The summed E-state index contributed by atoms with van der Waals surface area (Å²) in [4.78, 5) is 22.3. The van der Waals surface area contributed by atoms with Crippen molar-refractivity contribution in [3.8, 4) is 0 Å². The van der Waals surface area contributed by atoms with Crippen LogP contribution in [-0.4, -0.2) is 23.1 Å². The van der Waals surface area contributed by atoms with Crippen molar-refractivity contribution in [1.82, 2.24) is 10.6 Å². The Kier molecular flexibility index (Phi) is 5.60. The van der Waals surface area contributed by atoms with Gasteiger partial charge in [-0.3, -0.25) is 4.79 Å². The van der Waals surface area contributed by atoms with E-state index in [2.05, 4.69) is 17.2 Å². The molecule has 2 amide bonds. The van der Waals surface area contributed by atoms with Crippen LogP contribution in [-0.2, 0) is 17.8 Å². The molecule has 1 aromatic rings. The molecule has 0 aliphatic heterocycles. The Morgan fingerprint density at radius 1 is 1.37 bits per heavy atom. The van der Waals surface area contributed by atoms with E-state index >= 15 is 0 Å². The highest BCUT2D eigenvalue weighted by Crippen LogP contribution is 2.09. The van der Waals surface area contributed by atoms with Crippen LogP contribution in [0.3, 0.4) is 0 Å². The van der Waals surface area contributed by atoms with E-state index in [9.17, 15) is 9.59 Å². The summed E-state index contributed by atoms with van der Waals surface area (Å²) in [7, 11) is 0. The number of carboxylic acid groups (broad SMARTS) is 1. The lowest BCUT2D eigenvalue weighted by Gasteiger charge is -2.12. The summed E-state index contributed by atoms with van der Waals surface area (Å²) in [5, 5.41) is 14.2. The van der Waals surface area contributed by atoms with Gasteiger partial charge in [-0.1, -0.05) is 30.3 Å². The zero-order chi connectivity index (χ0) is 14.3. The number of aliphatic carboxylic acids is 1. The van der Waals surface area contributed by atoms with Crippen molar-refractivity contribution in [3.05, 3.63) is 48.0 Å². The van der Waals surface area contributed by atoms with Gasteiger partial charge in [-0.15, -0.1) is 6.58 Å². The van der Waals surface area contributed by atoms with Crippen molar-refractivity contribution >= 4 is 12.0 Å². The molecule has 1 atom stereocenters. The van der Waals surface area contributed by atoms with Crippen LogP contribution in [0.25, 0.3) is 0 Å². The smallest absolute Gasteiger partial charge is 0.315 e. The van der Waals surface area contributed by atoms with Crippen LogP contribution in [0.5, 0.6) is 0 Å². The first-order chi connectivity index (χ1) is 9.02. The lowest BCUT2D eigenvalue weighted by Crippen LogP contribution is -2.39. The van der Waals surface area contributed by atoms with E-state index in [0.29, 0.717) is 12.1 Å². The molecule has 1 rings (SSSR count).